The molecule has 0 bridgehead atoms. The molecule has 0 saturated heterocycles. The number of hydrogen-bond acceptors (Lipinski definition) is 6. The number of anilines is 1. The van der Waals surface area contributed by atoms with Crippen molar-refractivity contribution < 1.29 is 4.79 Å². The summed E-state index contributed by atoms with van der Waals surface area (Å²) in [5, 5.41) is 16.3. The first kappa shape index (κ1) is 21.1. The highest BCUT2D eigenvalue weighted by molar-refractivity contribution is 7.99. The van der Waals surface area contributed by atoms with Crippen LogP contribution in [-0.4, -0.2) is 36.5 Å². The molecule has 2 N–H and O–H groups in total. The fraction of sp³-hybridized carbons (Fsp3) is 0.190. The molecule has 0 unspecified atom stereocenters. The van der Waals surface area contributed by atoms with Gasteiger partial charge in [-0.05, 0) is 37.1 Å². The molecule has 1 amide bonds. The van der Waals surface area contributed by atoms with Crippen LogP contribution in [-0.2, 0) is 11.2 Å². The van der Waals surface area contributed by atoms with Gasteiger partial charge in [0, 0.05) is 17.1 Å². The summed E-state index contributed by atoms with van der Waals surface area (Å²) in [6.45, 7) is 3.85. The van der Waals surface area contributed by atoms with Crippen molar-refractivity contribution in [1.29, 1.82) is 0 Å². The van der Waals surface area contributed by atoms with E-state index in [0.29, 0.717) is 28.0 Å². The third kappa shape index (κ3) is 4.78. The van der Waals surface area contributed by atoms with E-state index in [9.17, 15) is 9.59 Å². The maximum atomic E-state index is 12.4. The SMILES string of the molecule is Cc1ccc(Cc2nn3c(SCC(=O)Nc4cccc(Cl)c4C)nnc3[nH]c2=O)cc1. The molecule has 0 aliphatic carbocycles. The number of nitrogens with one attached hydrogen (secondary N) is 2. The normalized spacial score (nSPS) is 11.1. The Bertz CT molecular complexity index is 1320. The fourth-order valence-electron chi connectivity index (χ4n) is 2.94. The summed E-state index contributed by atoms with van der Waals surface area (Å²) in [7, 11) is 0. The molecule has 158 valence electrons. The summed E-state index contributed by atoms with van der Waals surface area (Å²) in [5.41, 5.74) is 3.61. The Kier molecular flexibility index (Phi) is 6.06. The van der Waals surface area contributed by atoms with Gasteiger partial charge >= 0.3 is 0 Å². The molecule has 0 fully saturated rings. The van der Waals surface area contributed by atoms with Crippen molar-refractivity contribution in [3.63, 3.8) is 0 Å². The van der Waals surface area contributed by atoms with Crippen LogP contribution >= 0.6 is 23.4 Å². The van der Waals surface area contributed by atoms with E-state index in [1.807, 2.05) is 38.1 Å². The fourth-order valence-corrected chi connectivity index (χ4v) is 3.79. The van der Waals surface area contributed by atoms with Gasteiger partial charge in [-0.1, -0.05) is 59.3 Å². The molecule has 4 rings (SSSR count). The number of amides is 1. The van der Waals surface area contributed by atoms with Crippen molar-refractivity contribution in [2.24, 2.45) is 0 Å². The number of hydrogen-bond donors (Lipinski definition) is 2. The molecule has 2 aromatic heterocycles. The van der Waals surface area contributed by atoms with Gasteiger partial charge in [0.05, 0.1) is 5.75 Å². The largest absolute Gasteiger partial charge is 0.325 e. The average molecular weight is 455 g/mol. The predicted molar refractivity (Wildman–Crippen MR) is 121 cm³/mol. The number of nitrogens with zero attached hydrogens (tertiary/aromatic N) is 4. The van der Waals surface area contributed by atoms with Crippen LogP contribution < -0.4 is 10.9 Å². The Hall–Kier alpha value is -3.17. The van der Waals surface area contributed by atoms with E-state index in [1.54, 1.807) is 18.2 Å². The van der Waals surface area contributed by atoms with E-state index in [4.69, 9.17) is 11.6 Å². The number of H-pyrrole nitrogens is 1. The lowest BCUT2D eigenvalue weighted by Crippen LogP contribution is -2.19. The van der Waals surface area contributed by atoms with Crippen molar-refractivity contribution in [3.05, 3.63) is 80.2 Å². The molecule has 8 nitrogen and oxygen atoms in total. The van der Waals surface area contributed by atoms with Gasteiger partial charge in [0.1, 0.15) is 5.69 Å². The number of rotatable bonds is 6. The second-order valence-corrected chi connectivity index (χ2v) is 8.38. The quantitative estimate of drug-likeness (QED) is 0.432. The number of aromatic nitrogens is 5. The van der Waals surface area contributed by atoms with Crippen LogP contribution in [0.15, 0.2) is 52.4 Å². The van der Waals surface area contributed by atoms with Gasteiger partial charge in [-0.3, -0.25) is 14.6 Å². The van der Waals surface area contributed by atoms with Crippen molar-refractivity contribution in [1.82, 2.24) is 24.8 Å². The highest BCUT2D eigenvalue weighted by Gasteiger charge is 2.14. The number of benzene rings is 2. The summed E-state index contributed by atoms with van der Waals surface area (Å²) in [4.78, 5) is 27.4. The topological polar surface area (TPSA) is 105 Å². The van der Waals surface area contributed by atoms with Crippen LogP contribution in [0.4, 0.5) is 5.69 Å². The number of carbonyl (C=O) groups is 1. The van der Waals surface area contributed by atoms with Gasteiger partial charge in [-0.2, -0.15) is 9.61 Å². The standard InChI is InChI=1S/C21H19ClN6O2S/c1-12-6-8-14(9-7-12)10-17-19(30)24-20-25-26-21(28(20)27-17)31-11-18(29)23-16-5-3-4-15(22)13(16)2/h3-9H,10-11H2,1-2H3,(H,23,29)(H,24,25,30). The minimum atomic E-state index is -0.314. The summed E-state index contributed by atoms with van der Waals surface area (Å²) < 4.78 is 1.45. The van der Waals surface area contributed by atoms with Gasteiger partial charge < -0.3 is 5.32 Å². The zero-order valence-corrected chi connectivity index (χ0v) is 18.4. The number of fused-ring (bicyclic) bond motifs is 1. The van der Waals surface area contributed by atoms with Gasteiger partial charge in [-0.15, -0.1) is 10.2 Å². The number of thioether (sulfide) groups is 1. The third-order valence-electron chi connectivity index (χ3n) is 4.69. The Morgan fingerprint density at radius 1 is 1.16 bits per heavy atom. The number of aromatic amines is 1. The third-order valence-corrected chi connectivity index (χ3v) is 6.02. The maximum Gasteiger partial charge on any atom is 0.274 e. The zero-order chi connectivity index (χ0) is 22.0. The van der Waals surface area contributed by atoms with Crippen LogP contribution in [0.1, 0.15) is 22.4 Å². The lowest BCUT2D eigenvalue weighted by molar-refractivity contribution is -0.113. The maximum absolute atomic E-state index is 12.4. The van der Waals surface area contributed by atoms with E-state index in [0.717, 1.165) is 16.7 Å². The monoisotopic (exact) mass is 454 g/mol. The Morgan fingerprint density at radius 3 is 2.71 bits per heavy atom. The molecule has 10 heteroatoms. The average Bonchev–Trinajstić information content (AvgIpc) is 3.13. The number of carbonyl (C=O) groups excluding carboxylic acids is 1. The number of aryl methyl sites for hydroxylation is 1. The molecule has 0 spiro atoms. The second-order valence-electron chi connectivity index (χ2n) is 7.03. The molecule has 31 heavy (non-hydrogen) atoms. The highest BCUT2D eigenvalue weighted by atomic mass is 35.5. The van der Waals surface area contributed by atoms with Crippen LogP contribution in [0.25, 0.3) is 5.78 Å². The van der Waals surface area contributed by atoms with Gasteiger partial charge in [0.2, 0.25) is 11.1 Å². The van der Waals surface area contributed by atoms with Crippen LogP contribution in [0.2, 0.25) is 5.02 Å². The van der Waals surface area contributed by atoms with Gasteiger partial charge in [0.25, 0.3) is 11.3 Å². The van der Waals surface area contributed by atoms with Crippen molar-refractivity contribution in [2.45, 2.75) is 25.4 Å². The van der Waals surface area contributed by atoms with Gasteiger partial charge in [-0.25, -0.2) is 0 Å². The molecule has 0 aliphatic heterocycles. The second kappa shape index (κ2) is 8.91. The Morgan fingerprint density at radius 2 is 1.94 bits per heavy atom. The Labute approximate surface area is 187 Å². The van der Waals surface area contributed by atoms with Crippen molar-refractivity contribution >= 4 is 40.7 Å². The molecule has 2 heterocycles. The molecule has 0 saturated carbocycles. The number of halogens is 1. The van der Waals surface area contributed by atoms with Gasteiger partial charge in [0.15, 0.2) is 0 Å². The molecule has 0 aliphatic rings. The summed E-state index contributed by atoms with van der Waals surface area (Å²) in [6, 6.07) is 13.2. The van der Waals surface area contributed by atoms with Crippen LogP contribution in [0, 0.1) is 13.8 Å². The lowest BCUT2D eigenvalue weighted by atomic mass is 10.1. The first-order chi connectivity index (χ1) is 14.9. The van der Waals surface area contributed by atoms with E-state index in [-0.39, 0.29) is 23.0 Å². The molecule has 0 atom stereocenters. The molecule has 4 aromatic rings. The van der Waals surface area contributed by atoms with Crippen LogP contribution in [0.5, 0.6) is 0 Å². The zero-order valence-electron chi connectivity index (χ0n) is 16.8. The van der Waals surface area contributed by atoms with Crippen molar-refractivity contribution in [2.75, 3.05) is 11.1 Å². The van der Waals surface area contributed by atoms with E-state index >= 15 is 0 Å². The van der Waals surface area contributed by atoms with Crippen LogP contribution in [0.3, 0.4) is 0 Å². The van der Waals surface area contributed by atoms with E-state index < -0.39 is 0 Å². The minimum Gasteiger partial charge on any atom is -0.325 e. The summed E-state index contributed by atoms with van der Waals surface area (Å²) in [5.74, 6) is 0.114. The summed E-state index contributed by atoms with van der Waals surface area (Å²) >= 11 is 7.28. The van der Waals surface area contributed by atoms with Crippen molar-refractivity contribution in [3.8, 4) is 0 Å². The summed E-state index contributed by atoms with van der Waals surface area (Å²) in [6.07, 6.45) is 0.377. The molecular weight excluding hydrogens is 436 g/mol. The minimum absolute atomic E-state index is 0.0981. The highest BCUT2D eigenvalue weighted by Crippen LogP contribution is 2.23. The first-order valence-electron chi connectivity index (χ1n) is 9.48. The first-order valence-corrected chi connectivity index (χ1v) is 10.8. The smallest absolute Gasteiger partial charge is 0.274 e. The predicted octanol–water partition coefficient (Wildman–Crippen LogP) is 3.40. The van der Waals surface area contributed by atoms with E-state index in [1.165, 1.54) is 16.3 Å². The molecule has 2 aromatic carbocycles. The molecule has 0 radical (unpaired) electrons. The molecular formula is C21H19ClN6O2S. The Balaban J connectivity index is 1.50. The van der Waals surface area contributed by atoms with E-state index in [2.05, 4.69) is 25.6 Å². The lowest BCUT2D eigenvalue weighted by Gasteiger charge is -2.09.